The largest absolute Gasteiger partial charge is 0.358 e. The molecule has 1 saturated carbocycles. The van der Waals surface area contributed by atoms with E-state index in [1.54, 1.807) is 0 Å². The van der Waals surface area contributed by atoms with Crippen molar-refractivity contribution in [2.24, 2.45) is 11.8 Å². The molecule has 1 unspecified atom stereocenters. The summed E-state index contributed by atoms with van der Waals surface area (Å²) in [4.78, 5) is 28.7. The minimum Gasteiger partial charge on any atom is -0.358 e. The molecule has 22 heavy (non-hydrogen) atoms. The van der Waals surface area contributed by atoms with E-state index in [1.165, 1.54) is 25.7 Å². The van der Waals surface area contributed by atoms with Crippen LogP contribution >= 0.6 is 0 Å². The van der Waals surface area contributed by atoms with Crippen LogP contribution in [0, 0.1) is 18.8 Å². The summed E-state index contributed by atoms with van der Waals surface area (Å²) in [5, 5.41) is 0.645. The molecule has 0 saturated heterocycles. The Kier molecular flexibility index (Phi) is 3.17. The number of aromatic amines is 1. The molecule has 3 nitrogen and oxygen atoms in total. The van der Waals surface area contributed by atoms with Crippen LogP contribution in [0.25, 0.3) is 10.9 Å². The highest BCUT2D eigenvalue weighted by Crippen LogP contribution is 2.38. The molecule has 2 aliphatic rings. The van der Waals surface area contributed by atoms with E-state index in [0.29, 0.717) is 29.2 Å². The average molecular weight is 295 g/mol. The lowest BCUT2D eigenvalue weighted by molar-refractivity contribution is 0.0924. The molecule has 3 heteroatoms. The summed E-state index contributed by atoms with van der Waals surface area (Å²) in [6.45, 7) is 1.97. The number of aromatic nitrogens is 1. The van der Waals surface area contributed by atoms with Crippen molar-refractivity contribution in [1.82, 2.24) is 4.98 Å². The highest BCUT2D eigenvalue weighted by Gasteiger charge is 2.34. The Morgan fingerprint density at radius 3 is 2.59 bits per heavy atom. The van der Waals surface area contributed by atoms with Crippen LogP contribution in [-0.2, 0) is 6.42 Å². The van der Waals surface area contributed by atoms with Crippen LogP contribution < -0.4 is 5.43 Å². The molecule has 0 amide bonds. The van der Waals surface area contributed by atoms with E-state index in [-0.39, 0.29) is 11.2 Å². The fourth-order valence-corrected chi connectivity index (χ4v) is 4.34. The van der Waals surface area contributed by atoms with E-state index in [1.807, 2.05) is 25.1 Å². The number of rotatable bonds is 1. The highest BCUT2D eigenvalue weighted by atomic mass is 16.1. The molecule has 1 aromatic carbocycles. The summed E-state index contributed by atoms with van der Waals surface area (Å²) >= 11 is 0. The quantitative estimate of drug-likeness (QED) is 0.870. The van der Waals surface area contributed by atoms with Crippen molar-refractivity contribution in [3.05, 3.63) is 45.2 Å². The van der Waals surface area contributed by atoms with Crippen molar-refractivity contribution in [3.63, 3.8) is 0 Å². The van der Waals surface area contributed by atoms with Gasteiger partial charge in [0.05, 0.1) is 5.56 Å². The first-order chi connectivity index (χ1) is 10.6. The lowest BCUT2D eigenvalue weighted by atomic mass is 9.77. The zero-order valence-electron chi connectivity index (χ0n) is 12.9. The normalized spacial score (nSPS) is 22.2. The Hall–Kier alpha value is -1.90. The molecule has 0 bridgehead atoms. The summed E-state index contributed by atoms with van der Waals surface area (Å²) in [7, 11) is 0. The second kappa shape index (κ2) is 5.08. The molecule has 0 spiro atoms. The fourth-order valence-electron chi connectivity index (χ4n) is 4.34. The Morgan fingerprint density at radius 1 is 1.05 bits per heavy atom. The molecule has 4 rings (SSSR count). The number of Topliss-reactive ketones (excluding diaryl/α,β-unsaturated/α-hetero) is 1. The van der Waals surface area contributed by atoms with Crippen LogP contribution in [0.15, 0.2) is 23.0 Å². The maximum atomic E-state index is 12.7. The van der Waals surface area contributed by atoms with Crippen LogP contribution in [-0.4, -0.2) is 10.8 Å². The number of carbonyl (C=O) groups is 1. The van der Waals surface area contributed by atoms with Gasteiger partial charge in [-0.2, -0.15) is 0 Å². The predicted molar refractivity (Wildman–Crippen MR) is 87.4 cm³/mol. The fraction of sp³-hybridized carbons (Fsp3) is 0.474. The molecule has 0 aliphatic heterocycles. The van der Waals surface area contributed by atoms with Gasteiger partial charge in [-0.3, -0.25) is 9.59 Å². The Labute approximate surface area is 129 Å². The molecule has 1 N–H and O–H groups in total. The van der Waals surface area contributed by atoms with Gasteiger partial charge in [0.25, 0.3) is 0 Å². The summed E-state index contributed by atoms with van der Waals surface area (Å²) in [5.41, 5.74) is 3.11. The predicted octanol–water partition coefficient (Wildman–Crippen LogP) is 3.77. The SMILES string of the molecule is Cc1ccc2[nH]c3c(c(=O)c2c1)C(=O)CC(C1CCCC1)C3. The molecule has 114 valence electrons. The standard InChI is InChI=1S/C19H21NO2/c1-11-6-7-15-14(8-11)19(22)18-16(20-15)9-13(10-17(18)21)12-4-2-3-5-12/h6-8,12-13H,2-5,9-10H2,1H3,(H,20,22). The number of aryl methyl sites for hydroxylation is 1. The lowest BCUT2D eigenvalue weighted by Gasteiger charge is -2.28. The van der Waals surface area contributed by atoms with Crippen molar-refractivity contribution in [3.8, 4) is 0 Å². The van der Waals surface area contributed by atoms with Gasteiger partial charge in [-0.25, -0.2) is 0 Å². The minimum absolute atomic E-state index is 0.0443. The number of hydrogen-bond donors (Lipinski definition) is 1. The first-order valence-electron chi connectivity index (χ1n) is 8.32. The second-order valence-corrected chi connectivity index (χ2v) is 6.99. The first kappa shape index (κ1) is 13.7. The smallest absolute Gasteiger partial charge is 0.200 e. The average Bonchev–Trinajstić information content (AvgIpc) is 3.02. The summed E-state index contributed by atoms with van der Waals surface area (Å²) in [6.07, 6.45) is 6.46. The summed E-state index contributed by atoms with van der Waals surface area (Å²) in [5.74, 6) is 1.12. The second-order valence-electron chi connectivity index (χ2n) is 6.99. The van der Waals surface area contributed by atoms with Crippen LogP contribution in [0.1, 0.15) is 53.7 Å². The van der Waals surface area contributed by atoms with Gasteiger partial charge in [0, 0.05) is 23.0 Å². The third kappa shape index (κ3) is 2.11. The Morgan fingerprint density at radius 2 is 1.82 bits per heavy atom. The zero-order valence-corrected chi connectivity index (χ0v) is 12.9. The molecule has 0 radical (unpaired) electrons. The van der Waals surface area contributed by atoms with Crippen LogP contribution in [0.4, 0.5) is 0 Å². The number of benzene rings is 1. The molecule has 1 atom stereocenters. The van der Waals surface area contributed by atoms with E-state index in [4.69, 9.17) is 0 Å². The summed E-state index contributed by atoms with van der Waals surface area (Å²) in [6, 6.07) is 5.84. The number of pyridine rings is 1. The number of ketones is 1. The van der Waals surface area contributed by atoms with Crippen LogP contribution in [0.3, 0.4) is 0 Å². The van der Waals surface area contributed by atoms with Crippen LogP contribution in [0.2, 0.25) is 0 Å². The van der Waals surface area contributed by atoms with Crippen molar-refractivity contribution in [1.29, 1.82) is 0 Å². The Bertz CT molecular complexity index is 812. The number of hydrogen-bond acceptors (Lipinski definition) is 2. The van der Waals surface area contributed by atoms with E-state index in [9.17, 15) is 9.59 Å². The number of nitrogens with one attached hydrogen (secondary N) is 1. The maximum absolute atomic E-state index is 12.7. The monoisotopic (exact) mass is 295 g/mol. The highest BCUT2D eigenvalue weighted by molar-refractivity contribution is 6.01. The van der Waals surface area contributed by atoms with Crippen molar-refractivity contribution < 1.29 is 4.79 Å². The minimum atomic E-state index is -0.0812. The van der Waals surface area contributed by atoms with Crippen molar-refractivity contribution in [2.45, 2.75) is 45.4 Å². The van der Waals surface area contributed by atoms with Gasteiger partial charge >= 0.3 is 0 Å². The van der Waals surface area contributed by atoms with Crippen molar-refractivity contribution in [2.75, 3.05) is 0 Å². The molecule has 2 aromatic rings. The van der Waals surface area contributed by atoms with Gasteiger partial charge in [0.2, 0.25) is 0 Å². The van der Waals surface area contributed by atoms with E-state index in [0.717, 1.165) is 23.2 Å². The molecule has 1 fully saturated rings. The molecule has 2 aliphatic carbocycles. The third-order valence-electron chi connectivity index (χ3n) is 5.49. The third-order valence-corrected chi connectivity index (χ3v) is 5.49. The first-order valence-corrected chi connectivity index (χ1v) is 8.32. The van der Waals surface area contributed by atoms with Gasteiger partial charge in [-0.05, 0) is 37.3 Å². The molecule has 1 heterocycles. The topological polar surface area (TPSA) is 49.9 Å². The lowest BCUT2D eigenvalue weighted by Crippen LogP contribution is -2.31. The number of carbonyl (C=O) groups excluding carboxylic acids is 1. The van der Waals surface area contributed by atoms with Gasteiger partial charge in [-0.15, -0.1) is 0 Å². The van der Waals surface area contributed by atoms with Gasteiger partial charge in [-0.1, -0.05) is 37.3 Å². The van der Waals surface area contributed by atoms with Gasteiger partial charge in [0.1, 0.15) is 0 Å². The summed E-state index contributed by atoms with van der Waals surface area (Å²) < 4.78 is 0. The van der Waals surface area contributed by atoms with E-state index < -0.39 is 0 Å². The van der Waals surface area contributed by atoms with Crippen molar-refractivity contribution >= 4 is 16.7 Å². The zero-order chi connectivity index (χ0) is 15.3. The van der Waals surface area contributed by atoms with E-state index >= 15 is 0 Å². The van der Waals surface area contributed by atoms with E-state index in [2.05, 4.69) is 4.98 Å². The number of fused-ring (bicyclic) bond motifs is 2. The van der Waals surface area contributed by atoms with Gasteiger partial charge in [0.15, 0.2) is 11.2 Å². The van der Waals surface area contributed by atoms with Gasteiger partial charge < -0.3 is 4.98 Å². The number of H-pyrrole nitrogens is 1. The maximum Gasteiger partial charge on any atom is 0.200 e. The molecular formula is C19H21NO2. The van der Waals surface area contributed by atoms with Crippen LogP contribution in [0.5, 0.6) is 0 Å². The molecular weight excluding hydrogens is 274 g/mol. The Balaban J connectivity index is 1.83. The molecule has 1 aromatic heterocycles.